The van der Waals surface area contributed by atoms with Gasteiger partial charge in [0.25, 0.3) is 0 Å². The van der Waals surface area contributed by atoms with E-state index in [-0.39, 0.29) is 24.0 Å². The number of benzene rings is 1. The Labute approximate surface area is 173 Å². The highest BCUT2D eigenvalue weighted by Crippen LogP contribution is 2.11. The number of nitrogens with zero attached hydrogens (tertiary/aromatic N) is 3. The van der Waals surface area contributed by atoms with Crippen molar-refractivity contribution in [1.82, 2.24) is 14.8 Å². The minimum Gasteiger partial charge on any atom is -0.357 e. The van der Waals surface area contributed by atoms with E-state index >= 15 is 0 Å². The minimum atomic E-state index is -3.16. The highest BCUT2D eigenvalue weighted by molar-refractivity contribution is 14.0. The highest BCUT2D eigenvalue weighted by atomic mass is 127. The molecule has 144 valence electrons. The Balaban J connectivity index is 0.00000338. The first-order valence-corrected chi connectivity index (χ1v) is 10.1. The molecule has 8 heteroatoms. The first-order valence-electron chi connectivity index (χ1n) is 8.20. The molecule has 0 atom stereocenters. The van der Waals surface area contributed by atoms with E-state index in [1.165, 1.54) is 11.9 Å². The Morgan fingerprint density at radius 1 is 1.23 bits per heavy atom. The van der Waals surface area contributed by atoms with Gasteiger partial charge in [-0.1, -0.05) is 12.1 Å². The van der Waals surface area contributed by atoms with Crippen LogP contribution in [0.2, 0.25) is 0 Å². The Kier molecular flexibility index (Phi) is 8.61. The lowest BCUT2D eigenvalue weighted by Gasteiger charge is -2.22. The van der Waals surface area contributed by atoms with Gasteiger partial charge in [-0.25, -0.2) is 13.4 Å². The predicted octanol–water partition coefficient (Wildman–Crippen LogP) is 2.64. The van der Waals surface area contributed by atoms with Gasteiger partial charge in [0.2, 0.25) is 0 Å². The van der Waals surface area contributed by atoms with E-state index in [2.05, 4.69) is 25.8 Å². The molecule has 1 aromatic carbocycles. The van der Waals surface area contributed by atoms with Crippen LogP contribution in [0.4, 0.5) is 0 Å². The molecule has 0 unspecified atom stereocenters. The maximum absolute atomic E-state index is 11.5. The molecule has 2 aromatic rings. The second kappa shape index (κ2) is 9.96. The second-order valence-corrected chi connectivity index (χ2v) is 8.07. The molecule has 0 amide bonds. The molecule has 26 heavy (non-hydrogen) atoms. The fourth-order valence-electron chi connectivity index (χ4n) is 2.46. The third-order valence-corrected chi connectivity index (χ3v) is 5.04. The molecule has 0 spiro atoms. The summed E-state index contributed by atoms with van der Waals surface area (Å²) in [4.78, 5) is 7.06. The normalized spacial score (nSPS) is 11.8. The van der Waals surface area contributed by atoms with Crippen LogP contribution in [0.15, 0.2) is 52.5 Å². The SMILES string of the molecule is CCNC(=NCc1ccc(S(C)(=O)=O)cc1)N(C)Cc1cccn1C.I. The van der Waals surface area contributed by atoms with Crippen LogP contribution in [0.5, 0.6) is 0 Å². The number of halogens is 1. The lowest BCUT2D eigenvalue weighted by atomic mass is 10.2. The molecule has 0 fully saturated rings. The van der Waals surface area contributed by atoms with Crippen LogP contribution < -0.4 is 5.32 Å². The Bertz CT molecular complexity index is 829. The van der Waals surface area contributed by atoms with Crippen LogP contribution in [0.25, 0.3) is 0 Å². The van der Waals surface area contributed by atoms with Gasteiger partial charge < -0.3 is 14.8 Å². The Morgan fingerprint density at radius 3 is 2.38 bits per heavy atom. The van der Waals surface area contributed by atoms with Crippen LogP contribution in [0, 0.1) is 0 Å². The smallest absolute Gasteiger partial charge is 0.194 e. The number of sulfone groups is 1. The summed E-state index contributed by atoms with van der Waals surface area (Å²) in [5.41, 5.74) is 2.17. The minimum absolute atomic E-state index is 0. The number of rotatable bonds is 6. The number of aliphatic imine (C=N–C) groups is 1. The van der Waals surface area contributed by atoms with Gasteiger partial charge in [0.05, 0.1) is 18.0 Å². The summed E-state index contributed by atoms with van der Waals surface area (Å²) in [7, 11) is 0.861. The number of aryl methyl sites for hydroxylation is 1. The number of guanidine groups is 1. The average Bonchev–Trinajstić information content (AvgIpc) is 2.96. The average molecular weight is 490 g/mol. The van der Waals surface area contributed by atoms with E-state index < -0.39 is 9.84 Å². The molecule has 0 aliphatic rings. The summed E-state index contributed by atoms with van der Waals surface area (Å²) >= 11 is 0. The fraction of sp³-hybridized carbons (Fsp3) is 0.389. The maximum atomic E-state index is 11.5. The quantitative estimate of drug-likeness (QED) is 0.384. The van der Waals surface area contributed by atoms with Crippen molar-refractivity contribution in [2.45, 2.75) is 24.9 Å². The van der Waals surface area contributed by atoms with Crippen LogP contribution >= 0.6 is 24.0 Å². The van der Waals surface area contributed by atoms with E-state index in [1.807, 2.05) is 33.3 Å². The van der Waals surface area contributed by atoms with Crippen molar-refractivity contribution < 1.29 is 8.42 Å². The van der Waals surface area contributed by atoms with Crippen molar-refractivity contribution in [3.05, 3.63) is 53.9 Å². The fourth-order valence-corrected chi connectivity index (χ4v) is 3.09. The van der Waals surface area contributed by atoms with Crippen LogP contribution in [0.3, 0.4) is 0 Å². The van der Waals surface area contributed by atoms with Gasteiger partial charge in [-0.2, -0.15) is 0 Å². The molecular weight excluding hydrogens is 463 g/mol. The summed E-state index contributed by atoms with van der Waals surface area (Å²) in [6.45, 7) is 4.06. The number of hydrogen-bond donors (Lipinski definition) is 1. The predicted molar refractivity (Wildman–Crippen MR) is 117 cm³/mol. The number of hydrogen-bond acceptors (Lipinski definition) is 3. The highest BCUT2D eigenvalue weighted by Gasteiger charge is 2.09. The molecule has 1 aromatic heterocycles. The lowest BCUT2D eigenvalue weighted by molar-refractivity contribution is 0.462. The molecule has 1 N–H and O–H groups in total. The van der Waals surface area contributed by atoms with E-state index in [0.29, 0.717) is 11.4 Å². The van der Waals surface area contributed by atoms with Crippen molar-refractivity contribution in [3.63, 3.8) is 0 Å². The molecule has 0 bridgehead atoms. The zero-order chi connectivity index (χ0) is 18.4. The molecule has 6 nitrogen and oxygen atoms in total. The van der Waals surface area contributed by atoms with E-state index in [4.69, 9.17) is 0 Å². The zero-order valence-electron chi connectivity index (χ0n) is 15.6. The lowest BCUT2D eigenvalue weighted by Crippen LogP contribution is -2.38. The van der Waals surface area contributed by atoms with Gasteiger partial charge in [0.15, 0.2) is 15.8 Å². The third kappa shape index (κ3) is 6.31. The van der Waals surface area contributed by atoms with Crippen molar-refractivity contribution in [2.75, 3.05) is 19.8 Å². The first-order chi connectivity index (χ1) is 11.8. The first kappa shape index (κ1) is 22.5. The number of nitrogens with one attached hydrogen (secondary N) is 1. The molecule has 0 aliphatic carbocycles. The van der Waals surface area contributed by atoms with Crippen molar-refractivity contribution in [1.29, 1.82) is 0 Å². The van der Waals surface area contributed by atoms with Crippen molar-refractivity contribution >= 4 is 39.8 Å². The molecule has 0 saturated heterocycles. The van der Waals surface area contributed by atoms with E-state index in [9.17, 15) is 8.42 Å². The standard InChI is InChI=1S/C18H26N4O2S.HI/c1-5-19-18(22(3)14-16-7-6-12-21(16)2)20-13-15-8-10-17(11-9-15)25(4,23)24;/h6-12H,5,13-14H2,1-4H3,(H,19,20);1H. The topological polar surface area (TPSA) is 66.7 Å². The molecule has 0 aliphatic heterocycles. The number of aromatic nitrogens is 1. The summed E-state index contributed by atoms with van der Waals surface area (Å²) < 4.78 is 25.1. The van der Waals surface area contributed by atoms with Crippen molar-refractivity contribution in [3.8, 4) is 0 Å². The zero-order valence-corrected chi connectivity index (χ0v) is 18.8. The van der Waals surface area contributed by atoms with Gasteiger partial charge in [-0.3, -0.25) is 0 Å². The Hall–Kier alpha value is -1.55. The van der Waals surface area contributed by atoms with Gasteiger partial charge in [-0.15, -0.1) is 24.0 Å². The second-order valence-electron chi connectivity index (χ2n) is 6.05. The van der Waals surface area contributed by atoms with Gasteiger partial charge in [-0.05, 0) is 36.8 Å². The summed E-state index contributed by atoms with van der Waals surface area (Å²) in [5, 5.41) is 3.29. The van der Waals surface area contributed by atoms with Gasteiger partial charge in [0.1, 0.15) is 0 Å². The summed E-state index contributed by atoms with van der Waals surface area (Å²) in [6, 6.07) is 11.0. The van der Waals surface area contributed by atoms with E-state index in [0.717, 1.165) is 24.6 Å². The monoisotopic (exact) mass is 490 g/mol. The van der Waals surface area contributed by atoms with E-state index in [1.54, 1.807) is 24.3 Å². The maximum Gasteiger partial charge on any atom is 0.194 e. The summed E-state index contributed by atoms with van der Waals surface area (Å²) in [5.74, 6) is 0.816. The summed E-state index contributed by atoms with van der Waals surface area (Å²) in [6.07, 6.45) is 3.23. The largest absolute Gasteiger partial charge is 0.357 e. The van der Waals surface area contributed by atoms with Crippen LogP contribution in [-0.2, 0) is 30.0 Å². The molecule has 0 radical (unpaired) electrons. The molecule has 1 heterocycles. The Morgan fingerprint density at radius 2 is 1.88 bits per heavy atom. The third-order valence-electron chi connectivity index (χ3n) is 3.91. The van der Waals surface area contributed by atoms with Crippen molar-refractivity contribution in [2.24, 2.45) is 12.0 Å². The van der Waals surface area contributed by atoms with Crippen LogP contribution in [-0.4, -0.2) is 43.7 Å². The molecule has 0 saturated carbocycles. The van der Waals surface area contributed by atoms with Gasteiger partial charge >= 0.3 is 0 Å². The molecular formula is C18H27IN4O2S. The van der Waals surface area contributed by atoms with Gasteiger partial charge in [0, 0.05) is 38.8 Å². The van der Waals surface area contributed by atoms with Crippen LogP contribution in [0.1, 0.15) is 18.2 Å². The molecule has 2 rings (SSSR count).